The van der Waals surface area contributed by atoms with E-state index in [2.05, 4.69) is 14.7 Å². The number of piperazine rings is 1. The van der Waals surface area contributed by atoms with E-state index in [9.17, 15) is 18.0 Å². The smallest absolute Gasteiger partial charge is 0.274 e. The summed E-state index contributed by atoms with van der Waals surface area (Å²) in [5.41, 5.74) is 0.682. The van der Waals surface area contributed by atoms with Gasteiger partial charge in [0, 0.05) is 50.2 Å². The fraction of sp³-hybridized carbons (Fsp3) is 0.368. The molecular weight excluding hydrogens is 394 g/mol. The molecule has 0 unspecified atom stereocenters. The first-order chi connectivity index (χ1) is 13.8. The van der Waals surface area contributed by atoms with Crippen LogP contribution in [-0.2, 0) is 10.0 Å². The SMILES string of the molecule is CC(C)NS(=O)(=O)c1ccc(C(=O)N2CCN(C(=O)c3cnccn3)CC2)cc1. The zero-order valence-electron chi connectivity index (χ0n) is 16.3. The number of nitrogens with one attached hydrogen (secondary N) is 1. The van der Waals surface area contributed by atoms with Gasteiger partial charge in [0.2, 0.25) is 10.0 Å². The molecule has 1 saturated heterocycles. The number of amides is 2. The number of aromatic nitrogens is 2. The van der Waals surface area contributed by atoms with Crippen LogP contribution < -0.4 is 4.72 Å². The van der Waals surface area contributed by atoms with Gasteiger partial charge in [-0.15, -0.1) is 0 Å². The van der Waals surface area contributed by atoms with Crippen LogP contribution in [0.1, 0.15) is 34.7 Å². The third kappa shape index (κ3) is 4.96. The molecule has 10 heteroatoms. The number of nitrogens with zero attached hydrogens (tertiary/aromatic N) is 4. The Labute approximate surface area is 169 Å². The van der Waals surface area contributed by atoms with Gasteiger partial charge in [-0.3, -0.25) is 14.6 Å². The van der Waals surface area contributed by atoms with Crippen LogP contribution in [0, 0.1) is 0 Å². The Balaban J connectivity index is 1.61. The zero-order valence-corrected chi connectivity index (χ0v) is 17.1. The topological polar surface area (TPSA) is 113 Å². The second-order valence-electron chi connectivity index (χ2n) is 6.98. The third-order valence-corrected chi connectivity index (χ3v) is 6.11. The van der Waals surface area contributed by atoms with E-state index in [1.54, 1.807) is 23.6 Å². The molecule has 2 amide bonds. The summed E-state index contributed by atoms with van der Waals surface area (Å²) in [6.45, 7) is 5.05. The molecule has 0 bridgehead atoms. The van der Waals surface area contributed by atoms with Crippen LogP contribution in [0.5, 0.6) is 0 Å². The Bertz CT molecular complexity index is 969. The summed E-state index contributed by atoms with van der Waals surface area (Å²) < 4.78 is 26.9. The fourth-order valence-electron chi connectivity index (χ4n) is 3.02. The van der Waals surface area contributed by atoms with Crippen LogP contribution in [0.15, 0.2) is 47.8 Å². The van der Waals surface area contributed by atoms with Gasteiger partial charge in [-0.25, -0.2) is 18.1 Å². The minimum absolute atomic E-state index is 0.113. The number of benzene rings is 1. The monoisotopic (exact) mass is 417 g/mol. The second kappa shape index (κ2) is 8.66. The average Bonchev–Trinajstić information content (AvgIpc) is 2.72. The molecule has 2 aromatic rings. The normalized spacial score (nSPS) is 14.9. The Morgan fingerprint density at radius 2 is 1.55 bits per heavy atom. The fourth-order valence-corrected chi connectivity index (χ4v) is 4.27. The molecule has 9 nitrogen and oxygen atoms in total. The molecule has 0 aliphatic carbocycles. The Hall–Kier alpha value is -2.85. The summed E-state index contributed by atoms with van der Waals surface area (Å²) in [4.78, 5) is 36.4. The van der Waals surface area contributed by atoms with E-state index >= 15 is 0 Å². The van der Waals surface area contributed by atoms with E-state index in [1.165, 1.54) is 42.9 Å². The molecule has 0 radical (unpaired) electrons. The van der Waals surface area contributed by atoms with Crippen molar-refractivity contribution in [3.8, 4) is 0 Å². The second-order valence-corrected chi connectivity index (χ2v) is 8.69. The molecule has 1 N–H and O–H groups in total. The predicted molar refractivity (Wildman–Crippen MR) is 106 cm³/mol. The first-order valence-electron chi connectivity index (χ1n) is 9.25. The summed E-state index contributed by atoms with van der Waals surface area (Å²) in [5, 5.41) is 0. The maximum Gasteiger partial charge on any atom is 0.274 e. The van der Waals surface area contributed by atoms with Crippen molar-refractivity contribution in [3.05, 3.63) is 54.1 Å². The molecule has 2 heterocycles. The maximum absolute atomic E-state index is 12.7. The van der Waals surface area contributed by atoms with Crippen molar-refractivity contribution in [2.45, 2.75) is 24.8 Å². The van der Waals surface area contributed by atoms with Crippen molar-refractivity contribution < 1.29 is 18.0 Å². The highest BCUT2D eigenvalue weighted by molar-refractivity contribution is 7.89. The summed E-state index contributed by atoms with van der Waals surface area (Å²) >= 11 is 0. The Morgan fingerprint density at radius 1 is 0.966 bits per heavy atom. The minimum atomic E-state index is -3.60. The molecule has 0 atom stereocenters. The van der Waals surface area contributed by atoms with E-state index in [-0.39, 0.29) is 28.4 Å². The molecule has 0 spiro atoms. The first-order valence-corrected chi connectivity index (χ1v) is 10.7. The highest BCUT2D eigenvalue weighted by Gasteiger charge is 2.26. The molecule has 1 aromatic carbocycles. The summed E-state index contributed by atoms with van der Waals surface area (Å²) in [7, 11) is -3.60. The Morgan fingerprint density at radius 3 is 2.07 bits per heavy atom. The number of carbonyl (C=O) groups is 2. The lowest BCUT2D eigenvalue weighted by molar-refractivity contribution is 0.0532. The lowest BCUT2D eigenvalue weighted by Crippen LogP contribution is -2.50. The third-order valence-electron chi connectivity index (χ3n) is 4.44. The van der Waals surface area contributed by atoms with Gasteiger partial charge in [0.15, 0.2) is 0 Å². The van der Waals surface area contributed by atoms with Crippen molar-refractivity contribution in [3.63, 3.8) is 0 Å². The van der Waals surface area contributed by atoms with Crippen molar-refractivity contribution in [1.82, 2.24) is 24.5 Å². The lowest BCUT2D eigenvalue weighted by Gasteiger charge is -2.34. The van der Waals surface area contributed by atoms with Crippen LogP contribution in [0.2, 0.25) is 0 Å². The van der Waals surface area contributed by atoms with Gasteiger partial charge >= 0.3 is 0 Å². The maximum atomic E-state index is 12.7. The predicted octanol–water partition coefficient (Wildman–Crippen LogP) is 0.761. The number of hydrogen-bond donors (Lipinski definition) is 1. The van der Waals surface area contributed by atoms with Crippen LogP contribution in [0.4, 0.5) is 0 Å². The molecule has 0 saturated carbocycles. The van der Waals surface area contributed by atoms with Crippen LogP contribution in [0.3, 0.4) is 0 Å². The van der Waals surface area contributed by atoms with Gasteiger partial charge < -0.3 is 9.80 Å². The van der Waals surface area contributed by atoms with Crippen molar-refractivity contribution in [2.75, 3.05) is 26.2 Å². The average molecular weight is 417 g/mol. The van der Waals surface area contributed by atoms with Crippen LogP contribution in [-0.4, -0.2) is 72.2 Å². The molecule has 154 valence electrons. The van der Waals surface area contributed by atoms with Crippen molar-refractivity contribution in [1.29, 1.82) is 0 Å². The first kappa shape index (κ1) is 20.9. The zero-order chi connectivity index (χ0) is 21.0. The molecule has 1 aliphatic rings. The van der Waals surface area contributed by atoms with E-state index < -0.39 is 10.0 Å². The van der Waals surface area contributed by atoms with E-state index in [4.69, 9.17) is 0 Å². The molecule has 1 fully saturated rings. The van der Waals surface area contributed by atoms with Crippen molar-refractivity contribution >= 4 is 21.8 Å². The summed E-state index contributed by atoms with van der Waals surface area (Å²) in [6.07, 6.45) is 4.39. The highest BCUT2D eigenvalue weighted by Crippen LogP contribution is 2.15. The molecule has 3 rings (SSSR count). The van der Waals surface area contributed by atoms with E-state index in [0.717, 1.165) is 0 Å². The summed E-state index contributed by atoms with van der Waals surface area (Å²) in [5.74, 6) is -0.408. The van der Waals surface area contributed by atoms with Gasteiger partial charge in [-0.2, -0.15) is 0 Å². The minimum Gasteiger partial charge on any atom is -0.335 e. The quantitative estimate of drug-likeness (QED) is 0.769. The number of hydrogen-bond acceptors (Lipinski definition) is 6. The van der Waals surface area contributed by atoms with E-state index in [1.807, 2.05) is 0 Å². The standard InChI is InChI=1S/C19H23N5O4S/c1-14(2)22-29(27,28)16-5-3-15(4-6-16)18(25)23-9-11-24(12-10-23)19(26)17-13-20-7-8-21-17/h3-8,13-14,22H,9-12H2,1-2H3. The molecule has 29 heavy (non-hydrogen) atoms. The van der Waals surface area contributed by atoms with Gasteiger partial charge in [-0.1, -0.05) is 0 Å². The van der Waals surface area contributed by atoms with Gasteiger partial charge in [0.05, 0.1) is 11.1 Å². The van der Waals surface area contributed by atoms with Crippen molar-refractivity contribution in [2.24, 2.45) is 0 Å². The highest BCUT2D eigenvalue weighted by atomic mass is 32.2. The largest absolute Gasteiger partial charge is 0.335 e. The van der Waals surface area contributed by atoms with Gasteiger partial charge in [-0.05, 0) is 38.1 Å². The number of carbonyl (C=O) groups excluding carboxylic acids is 2. The summed E-state index contributed by atoms with van der Waals surface area (Å²) in [6, 6.07) is 5.64. The van der Waals surface area contributed by atoms with E-state index in [0.29, 0.717) is 31.7 Å². The molecular formula is C19H23N5O4S. The van der Waals surface area contributed by atoms with Gasteiger partial charge in [0.1, 0.15) is 5.69 Å². The van der Waals surface area contributed by atoms with Crippen LogP contribution >= 0.6 is 0 Å². The number of sulfonamides is 1. The molecule has 1 aromatic heterocycles. The van der Waals surface area contributed by atoms with Gasteiger partial charge in [0.25, 0.3) is 11.8 Å². The lowest BCUT2D eigenvalue weighted by atomic mass is 10.2. The van der Waals surface area contributed by atoms with Crippen LogP contribution in [0.25, 0.3) is 0 Å². The Kier molecular flexibility index (Phi) is 6.23. The molecule has 1 aliphatic heterocycles. The number of rotatable bonds is 5.